The second kappa shape index (κ2) is 9.30. The molecule has 3 aromatic rings. The lowest BCUT2D eigenvalue weighted by molar-refractivity contribution is -0.844. The second-order valence-corrected chi connectivity index (χ2v) is 8.09. The molecule has 32 heavy (non-hydrogen) atoms. The normalized spacial score (nSPS) is 17.8. The molecule has 0 fully saturated rings. The van der Waals surface area contributed by atoms with Gasteiger partial charge in [0, 0.05) is 22.7 Å². The summed E-state index contributed by atoms with van der Waals surface area (Å²) in [5.74, 6) is 6.17. The number of quaternary nitrogens is 1. The van der Waals surface area contributed by atoms with E-state index in [4.69, 9.17) is 5.84 Å². The van der Waals surface area contributed by atoms with Crippen molar-refractivity contribution in [3.8, 4) is 0 Å². The molecule has 0 aromatic heterocycles. The number of carbonyl (C=O) groups excluding carboxylic acids is 1. The Labute approximate surface area is 188 Å². The van der Waals surface area contributed by atoms with Gasteiger partial charge in [-0.1, -0.05) is 91.0 Å². The average molecular weight is 426 g/mol. The predicted molar refractivity (Wildman–Crippen MR) is 124 cm³/mol. The van der Waals surface area contributed by atoms with Crippen molar-refractivity contribution >= 4 is 12.3 Å². The molecule has 5 nitrogen and oxygen atoms in total. The van der Waals surface area contributed by atoms with E-state index < -0.39 is 11.5 Å². The summed E-state index contributed by atoms with van der Waals surface area (Å²) in [6, 6.07) is 30.8. The van der Waals surface area contributed by atoms with E-state index in [1.54, 1.807) is 6.34 Å². The molecule has 0 saturated carbocycles. The van der Waals surface area contributed by atoms with Crippen molar-refractivity contribution in [1.82, 2.24) is 0 Å². The summed E-state index contributed by atoms with van der Waals surface area (Å²) in [4.78, 5) is 15.4. The number of hydrogen-bond acceptors (Lipinski definition) is 4. The third kappa shape index (κ3) is 4.00. The van der Waals surface area contributed by atoms with Crippen LogP contribution in [0.5, 0.6) is 0 Å². The van der Waals surface area contributed by atoms with E-state index in [0.29, 0.717) is 19.3 Å². The van der Waals surface area contributed by atoms with Gasteiger partial charge in [0.15, 0.2) is 0 Å². The van der Waals surface area contributed by atoms with Gasteiger partial charge in [-0.25, -0.2) is 4.99 Å². The van der Waals surface area contributed by atoms with Crippen LogP contribution in [0.3, 0.4) is 0 Å². The highest BCUT2D eigenvalue weighted by molar-refractivity contribution is 5.64. The number of hydrogen-bond donors (Lipinski definition) is 1. The Morgan fingerprint density at radius 2 is 1.28 bits per heavy atom. The van der Waals surface area contributed by atoms with Crippen LogP contribution in [0.1, 0.15) is 42.4 Å². The summed E-state index contributed by atoms with van der Waals surface area (Å²) in [6.07, 6.45) is 5.78. The highest BCUT2D eigenvalue weighted by Gasteiger charge is 2.54. The monoisotopic (exact) mass is 425 g/mol. The van der Waals surface area contributed by atoms with Gasteiger partial charge in [0.2, 0.25) is 11.9 Å². The Morgan fingerprint density at radius 1 is 0.812 bits per heavy atom. The molecule has 162 valence electrons. The summed E-state index contributed by atoms with van der Waals surface area (Å²) >= 11 is 0. The molecule has 1 aliphatic rings. The fraction of sp³-hybridized carbons (Fsp3) is 0.185. The van der Waals surface area contributed by atoms with Gasteiger partial charge in [-0.05, 0) is 25.7 Å². The molecule has 0 radical (unpaired) electrons. The molecule has 3 aromatic carbocycles. The first-order valence-corrected chi connectivity index (χ1v) is 10.9. The highest BCUT2D eigenvalue weighted by Crippen LogP contribution is 2.46. The third-order valence-corrected chi connectivity index (χ3v) is 6.00. The minimum absolute atomic E-state index is 0.0408. The van der Waals surface area contributed by atoms with Crippen LogP contribution in [0.2, 0.25) is 0 Å². The van der Waals surface area contributed by atoms with Gasteiger partial charge in [-0.2, -0.15) is 10.4 Å². The molecule has 2 N–H and O–H groups in total. The van der Waals surface area contributed by atoms with Crippen LogP contribution >= 0.6 is 0 Å². The maximum Gasteiger partial charge on any atom is 0.215 e. The van der Waals surface area contributed by atoms with Crippen molar-refractivity contribution in [2.45, 2.75) is 31.2 Å². The van der Waals surface area contributed by atoms with Crippen LogP contribution in [0, 0.1) is 0 Å². The molecule has 0 saturated heterocycles. The molecule has 1 aliphatic heterocycles. The Hall–Kier alpha value is -3.54. The molecule has 0 bridgehead atoms. The predicted octanol–water partition coefficient (Wildman–Crippen LogP) is 3.86. The third-order valence-electron chi connectivity index (χ3n) is 6.00. The van der Waals surface area contributed by atoms with E-state index >= 15 is 0 Å². The number of allylic oxidation sites excluding steroid dienone is 1. The summed E-state index contributed by atoms with van der Waals surface area (Å²) in [7, 11) is 0. The minimum atomic E-state index is -1.02. The zero-order chi connectivity index (χ0) is 22.4. The van der Waals surface area contributed by atoms with E-state index in [-0.39, 0.29) is 11.0 Å². The first kappa shape index (κ1) is 21.7. The molecule has 0 unspecified atom stereocenters. The largest absolute Gasteiger partial charge is 0.550 e. The second-order valence-electron chi connectivity index (χ2n) is 8.09. The molecule has 0 amide bonds. The average Bonchev–Trinajstić information content (AvgIpc) is 3.21. The van der Waals surface area contributed by atoms with E-state index in [2.05, 4.69) is 41.4 Å². The zero-order valence-corrected chi connectivity index (χ0v) is 17.9. The van der Waals surface area contributed by atoms with E-state index in [0.717, 1.165) is 22.4 Å². The standard InChI is InChI=1S/C27H27N3O2/c28-30(20-25(29-21-30)18-10-11-19-26(31)32)27(22-12-4-1-5-13-22,23-14-6-2-7-15-23)24-16-8-3-9-17-24/h1-9,12-17,20-21H,10-11,18-19,28H2/t30-/m1/s1. The quantitative estimate of drug-likeness (QED) is 0.245. The lowest BCUT2D eigenvalue weighted by Crippen LogP contribution is -2.63. The van der Waals surface area contributed by atoms with Crippen LogP contribution in [0.25, 0.3) is 0 Å². The Morgan fingerprint density at radius 3 is 1.72 bits per heavy atom. The number of aliphatic carboxylic acids is 1. The van der Waals surface area contributed by atoms with Crippen molar-refractivity contribution < 1.29 is 14.5 Å². The number of benzene rings is 3. The van der Waals surface area contributed by atoms with Crippen molar-refractivity contribution in [1.29, 1.82) is 0 Å². The van der Waals surface area contributed by atoms with Gasteiger partial charge < -0.3 is 9.90 Å². The molecule has 1 atom stereocenters. The molecular formula is C27H27N3O2. The number of rotatable bonds is 9. The van der Waals surface area contributed by atoms with Gasteiger partial charge in [-0.3, -0.25) is 0 Å². The van der Waals surface area contributed by atoms with E-state index in [9.17, 15) is 9.90 Å². The number of carboxylic acid groups (broad SMARTS) is 1. The van der Waals surface area contributed by atoms with Gasteiger partial charge in [-0.15, -0.1) is 0 Å². The fourth-order valence-corrected chi connectivity index (χ4v) is 4.58. The number of aliphatic imine (C=N–C) groups is 1. The summed E-state index contributed by atoms with van der Waals surface area (Å²) in [5.41, 5.74) is 3.28. The van der Waals surface area contributed by atoms with Gasteiger partial charge in [0.05, 0.1) is 0 Å². The molecule has 5 heteroatoms. The maximum absolute atomic E-state index is 10.7. The number of carbonyl (C=O) groups is 1. The fourth-order valence-electron chi connectivity index (χ4n) is 4.58. The van der Waals surface area contributed by atoms with Crippen LogP contribution in [0.4, 0.5) is 0 Å². The lowest BCUT2D eigenvalue weighted by Gasteiger charge is -2.44. The highest BCUT2D eigenvalue weighted by atomic mass is 16.4. The Balaban J connectivity index is 1.85. The lowest BCUT2D eigenvalue weighted by atomic mass is 9.75. The Bertz CT molecular complexity index is 1010. The zero-order valence-electron chi connectivity index (χ0n) is 17.9. The van der Waals surface area contributed by atoms with Gasteiger partial charge in [0.1, 0.15) is 11.9 Å². The molecule has 1 heterocycles. The first-order valence-electron chi connectivity index (χ1n) is 10.9. The number of nitrogens with two attached hydrogens (primary N) is 1. The van der Waals surface area contributed by atoms with E-state index in [1.807, 2.05) is 60.8 Å². The molecular weight excluding hydrogens is 398 g/mol. The first-order chi connectivity index (χ1) is 15.6. The molecule has 0 spiro atoms. The smallest absolute Gasteiger partial charge is 0.215 e. The van der Waals surface area contributed by atoms with Crippen LogP contribution in [-0.4, -0.2) is 16.9 Å². The maximum atomic E-state index is 10.7. The number of nitrogens with zero attached hydrogens (tertiary/aromatic N) is 2. The van der Waals surface area contributed by atoms with Crippen molar-refractivity contribution in [2.75, 3.05) is 0 Å². The SMILES string of the molecule is N[N@@+]1(C(c2ccccc2)(c2ccccc2)c2ccccc2)C=NC(CCCCC(=O)[O-])=C1. The Kier molecular flexibility index (Phi) is 6.30. The van der Waals surface area contributed by atoms with Crippen LogP contribution in [0.15, 0.2) is 108 Å². The topological polar surface area (TPSA) is 78.5 Å². The minimum Gasteiger partial charge on any atom is -0.550 e. The van der Waals surface area contributed by atoms with Crippen LogP contribution in [-0.2, 0) is 10.3 Å². The molecule has 0 aliphatic carbocycles. The van der Waals surface area contributed by atoms with Crippen LogP contribution < -0.4 is 10.9 Å². The summed E-state index contributed by atoms with van der Waals surface area (Å²) < 4.78 is -0.0408. The van der Waals surface area contributed by atoms with Crippen molar-refractivity contribution in [3.63, 3.8) is 0 Å². The van der Waals surface area contributed by atoms with Gasteiger partial charge in [0.25, 0.3) is 0 Å². The summed E-state index contributed by atoms with van der Waals surface area (Å²) in [5, 5.41) is 10.7. The van der Waals surface area contributed by atoms with Crippen molar-refractivity contribution in [3.05, 3.63) is 120 Å². The number of carboxylic acids is 1. The van der Waals surface area contributed by atoms with Crippen molar-refractivity contribution in [2.24, 2.45) is 10.8 Å². The van der Waals surface area contributed by atoms with Gasteiger partial charge >= 0.3 is 0 Å². The summed E-state index contributed by atoms with van der Waals surface area (Å²) in [6.45, 7) is 0. The van der Waals surface area contributed by atoms with E-state index in [1.165, 1.54) is 0 Å². The number of unbranched alkanes of at least 4 members (excludes halogenated alkanes) is 1. The molecule has 4 rings (SSSR count).